The van der Waals surface area contributed by atoms with Crippen LogP contribution < -0.4 is 4.31 Å². The van der Waals surface area contributed by atoms with Gasteiger partial charge in [0.1, 0.15) is 0 Å². The molecule has 0 saturated carbocycles. The number of likely N-dealkylation sites (N-methyl/N-ethyl adjacent to an activating group) is 1. The maximum absolute atomic E-state index is 10.3. The molecule has 1 fully saturated rings. The lowest BCUT2D eigenvalue weighted by molar-refractivity contribution is -0.170. The topological polar surface area (TPSA) is 154 Å². The summed E-state index contributed by atoms with van der Waals surface area (Å²) in [4.78, 5) is 43.1. The smallest absolute Gasteiger partial charge is 0.336 e. The van der Waals surface area contributed by atoms with Crippen LogP contribution in [0.5, 0.6) is 0 Å². The van der Waals surface area contributed by atoms with Crippen LogP contribution in [0.3, 0.4) is 0 Å². The van der Waals surface area contributed by atoms with Crippen LogP contribution in [0.1, 0.15) is 24.8 Å². The summed E-state index contributed by atoms with van der Waals surface area (Å²) in [5, 5.41) is 33.8. The molecule has 0 unspecified atom stereocenters. The number of hydrogen-bond donors (Lipinski definition) is 4. The van der Waals surface area contributed by atoms with E-state index in [1.807, 2.05) is 11.9 Å². The monoisotopic (exact) mass is 680 g/mol. The van der Waals surface area contributed by atoms with E-state index in [1.165, 1.54) is 52.9 Å². The van der Waals surface area contributed by atoms with Gasteiger partial charge in [-0.05, 0) is 61.0 Å². The molecule has 1 saturated heterocycles. The largest absolute Gasteiger partial charge is 0.481 e. The van der Waals surface area contributed by atoms with Crippen LogP contribution in [0.25, 0.3) is 0 Å². The second-order valence-corrected chi connectivity index (χ2v) is 13.5. The number of fused-ring (bicyclic) bond motifs is 1. The summed E-state index contributed by atoms with van der Waals surface area (Å²) in [5.74, 6) is -3.91. The Bertz CT molecular complexity index is 1510. The third kappa shape index (κ3) is 11.1. The number of nitrogens with zero attached hydrogens (tertiary/aromatic N) is 4. The molecule has 2 aliphatic heterocycles. The van der Waals surface area contributed by atoms with Gasteiger partial charge in [0.15, 0.2) is 5.60 Å². The van der Waals surface area contributed by atoms with E-state index in [9.17, 15) is 14.4 Å². The van der Waals surface area contributed by atoms with Crippen LogP contribution in [0.4, 0.5) is 11.4 Å². The average Bonchev–Trinajstić information content (AvgIpc) is 3.22. The number of anilines is 1. The molecule has 3 aromatic carbocycles. The molecule has 0 aromatic heterocycles. The molecule has 0 atom stereocenters. The van der Waals surface area contributed by atoms with E-state index in [1.54, 1.807) is 11.8 Å². The molecule has 11 nitrogen and oxygen atoms in total. The van der Waals surface area contributed by atoms with Gasteiger partial charge >= 0.3 is 17.9 Å². The van der Waals surface area contributed by atoms with Crippen molar-refractivity contribution >= 4 is 58.7 Å². The normalized spacial score (nSPS) is 15.4. The third-order valence-corrected chi connectivity index (χ3v) is 9.73. The zero-order valence-corrected chi connectivity index (χ0v) is 27.8. The van der Waals surface area contributed by atoms with Crippen molar-refractivity contribution in [2.24, 2.45) is 4.99 Å². The highest BCUT2D eigenvalue weighted by molar-refractivity contribution is 8.00. The van der Waals surface area contributed by atoms with Crippen molar-refractivity contribution in [1.82, 2.24) is 9.80 Å². The average molecular weight is 681 g/mol. The Balaban J connectivity index is 0.000000328. The third-order valence-electron chi connectivity index (χ3n) is 7.66. The molecule has 2 heterocycles. The second kappa shape index (κ2) is 17.3. The molecule has 4 N–H and O–H groups in total. The highest BCUT2D eigenvalue weighted by Gasteiger charge is 2.40. The van der Waals surface area contributed by atoms with Gasteiger partial charge in [0.05, 0.1) is 29.9 Å². The van der Waals surface area contributed by atoms with Crippen molar-refractivity contribution in [2.75, 3.05) is 56.4 Å². The van der Waals surface area contributed by atoms with Crippen LogP contribution in [0.15, 0.2) is 93.6 Å². The van der Waals surface area contributed by atoms with Crippen LogP contribution in [0, 0.1) is 0 Å². The summed E-state index contributed by atoms with van der Waals surface area (Å²) in [5.41, 5.74) is 1.96. The first-order valence-electron chi connectivity index (χ1n) is 15.2. The summed E-state index contributed by atoms with van der Waals surface area (Å²) in [7, 11) is 2.22. The van der Waals surface area contributed by atoms with Crippen molar-refractivity contribution in [2.45, 2.75) is 34.7 Å². The number of benzene rings is 3. The minimum absolute atomic E-state index is 0.946. The Hall–Kier alpha value is -3.88. The van der Waals surface area contributed by atoms with E-state index >= 15 is 0 Å². The van der Waals surface area contributed by atoms with Crippen molar-refractivity contribution in [3.63, 3.8) is 0 Å². The molecule has 3 aromatic rings. The van der Waals surface area contributed by atoms with Gasteiger partial charge in [-0.1, -0.05) is 54.2 Å². The minimum atomic E-state index is -2.74. The van der Waals surface area contributed by atoms with Gasteiger partial charge in [-0.25, -0.2) is 4.79 Å². The first-order chi connectivity index (χ1) is 22.5. The van der Waals surface area contributed by atoms with Crippen molar-refractivity contribution < 1.29 is 34.8 Å². The molecule has 0 amide bonds. The van der Waals surface area contributed by atoms with E-state index in [2.05, 4.69) is 100 Å². The molecule has 0 aliphatic carbocycles. The SMILES string of the molecule is CN1CCN(CCSN2CCC(c3ccc(Sc4ccccc4)cc3)=Nc3ccccc32)CC1.O=C(O)CC(O)(CC(=O)O)C(=O)O. The van der Waals surface area contributed by atoms with Crippen molar-refractivity contribution in [3.8, 4) is 0 Å². The number of para-hydroxylation sites is 2. The number of aliphatic carboxylic acids is 3. The molecule has 0 radical (unpaired) electrons. The molecule has 250 valence electrons. The Morgan fingerprint density at radius 1 is 0.787 bits per heavy atom. The first kappa shape index (κ1) is 36.0. The Morgan fingerprint density at radius 2 is 1.38 bits per heavy atom. The highest BCUT2D eigenvalue weighted by atomic mass is 32.2. The summed E-state index contributed by atoms with van der Waals surface area (Å²) in [6, 6.07) is 28.0. The second-order valence-electron chi connectivity index (χ2n) is 11.3. The van der Waals surface area contributed by atoms with Gasteiger partial charge in [-0.15, -0.1) is 0 Å². The maximum Gasteiger partial charge on any atom is 0.336 e. The molecule has 13 heteroatoms. The van der Waals surface area contributed by atoms with Gasteiger partial charge in [-0.2, -0.15) is 0 Å². The van der Waals surface area contributed by atoms with E-state index in [0.717, 1.165) is 31.0 Å². The fourth-order valence-corrected chi connectivity index (χ4v) is 6.96. The lowest BCUT2D eigenvalue weighted by Crippen LogP contribution is -2.45. The predicted molar refractivity (Wildman–Crippen MR) is 185 cm³/mol. The van der Waals surface area contributed by atoms with Crippen molar-refractivity contribution in [1.29, 1.82) is 0 Å². The lowest BCUT2D eigenvalue weighted by Gasteiger charge is -2.32. The number of aliphatic hydroxyl groups is 1. The van der Waals surface area contributed by atoms with E-state index < -0.39 is 36.4 Å². The fourth-order valence-electron chi connectivity index (χ4n) is 5.05. The van der Waals surface area contributed by atoms with Crippen LogP contribution in [-0.4, -0.2) is 112 Å². The molecule has 0 spiro atoms. The van der Waals surface area contributed by atoms with Gasteiger partial charge in [0.2, 0.25) is 0 Å². The number of carboxylic acids is 3. The fraction of sp³-hybridized carbons (Fsp3) is 0.353. The Labute approximate surface area is 283 Å². The summed E-state index contributed by atoms with van der Waals surface area (Å²) >= 11 is 3.75. The molecule has 5 rings (SSSR count). The summed E-state index contributed by atoms with van der Waals surface area (Å²) < 4.78 is 2.46. The number of carboxylic acid groups (broad SMARTS) is 3. The standard InChI is InChI=1S/C28H32N4S2.C6H8O7/c1-30-17-19-31(20-18-30)21-22-33-32-16-15-26(29-27-9-5-6-10-28(27)32)23-11-13-25(14-12-23)34-24-7-3-2-4-8-24;7-3(8)1-6(13,5(11)12)2-4(9)10/h2-14H,15-22H2,1H3;13H,1-2H2,(H,7,8)(H,9,10)(H,11,12). The number of piperazine rings is 1. The Morgan fingerprint density at radius 3 is 2.00 bits per heavy atom. The number of rotatable bonds is 12. The van der Waals surface area contributed by atoms with E-state index in [4.69, 9.17) is 25.4 Å². The van der Waals surface area contributed by atoms with Gasteiger partial charge in [-0.3, -0.25) is 19.5 Å². The number of hydrogen-bond acceptors (Lipinski definition) is 10. The molecule has 2 aliphatic rings. The van der Waals surface area contributed by atoms with E-state index in [-0.39, 0.29) is 0 Å². The van der Waals surface area contributed by atoms with E-state index in [0.29, 0.717) is 0 Å². The number of carbonyl (C=O) groups is 3. The predicted octanol–water partition coefficient (Wildman–Crippen LogP) is 4.82. The van der Waals surface area contributed by atoms with Gasteiger partial charge < -0.3 is 29.6 Å². The van der Waals surface area contributed by atoms with Crippen molar-refractivity contribution in [3.05, 3.63) is 84.4 Å². The summed E-state index contributed by atoms with van der Waals surface area (Å²) in [6.45, 7) is 6.84. The highest BCUT2D eigenvalue weighted by Crippen LogP contribution is 2.36. The first-order valence-corrected chi connectivity index (χ1v) is 17.0. The molecule has 0 bridgehead atoms. The van der Waals surface area contributed by atoms with Gasteiger partial charge in [0, 0.05) is 61.2 Å². The maximum atomic E-state index is 10.3. The quantitative estimate of drug-likeness (QED) is 0.194. The molecule has 47 heavy (non-hydrogen) atoms. The molecular formula is C34H40N4O7S2. The zero-order chi connectivity index (χ0) is 33.8. The zero-order valence-electron chi connectivity index (χ0n) is 26.2. The van der Waals surface area contributed by atoms with Crippen LogP contribution >= 0.6 is 23.7 Å². The van der Waals surface area contributed by atoms with Crippen LogP contribution in [-0.2, 0) is 14.4 Å². The number of aliphatic imine (C=N–C) groups is 1. The lowest BCUT2D eigenvalue weighted by atomic mass is 9.96. The Kier molecular flexibility index (Phi) is 13.3. The van der Waals surface area contributed by atoms with Crippen LogP contribution in [0.2, 0.25) is 0 Å². The summed E-state index contributed by atoms with van der Waals surface area (Å²) in [6.07, 6.45) is -1.34. The minimum Gasteiger partial charge on any atom is -0.481 e. The molecular weight excluding hydrogens is 641 g/mol. The van der Waals surface area contributed by atoms with Gasteiger partial charge in [0.25, 0.3) is 0 Å².